The number of carbonyl (C=O) groups is 1. The average Bonchev–Trinajstić information content (AvgIpc) is 2.63. The highest BCUT2D eigenvalue weighted by Crippen LogP contribution is 2.16. The summed E-state index contributed by atoms with van der Waals surface area (Å²) in [5.74, 6) is -0.816. The van der Waals surface area contributed by atoms with Gasteiger partial charge in [-0.25, -0.2) is 17.5 Å². The van der Waals surface area contributed by atoms with Crippen molar-refractivity contribution in [3.05, 3.63) is 59.9 Å². The van der Waals surface area contributed by atoms with Crippen LogP contribution in [0.4, 0.5) is 10.1 Å². The lowest BCUT2D eigenvalue weighted by Crippen LogP contribution is -2.45. The van der Waals surface area contributed by atoms with Gasteiger partial charge < -0.3 is 10.6 Å². The summed E-state index contributed by atoms with van der Waals surface area (Å²) in [4.78, 5) is 12.2. The quantitative estimate of drug-likeness (QED) is 0.703. The largest absolute Gasteiger partial charge is 0.322 e. The fourth-order valence-corrected chi connectivity index (χ4v) is 4.03. The predicted molar refractivity (Wildman–Crippen MR) is 104 cm³/mol. The second-order valence-electron chi connectivity index (χ2n) is 6.15. The summed E-state index contributed by atoms with van der Waals surface area (Å²) >= 11 is 0. The molecule has 1 aliphatic rings. The maximum atomic E-state index is 12.9. The van der Waals surface area contributed by atoms with E-state index in [4.69, 9.17) is 0 Å². The van der Waals surface area contributed by atoms with Gasteiger partial charge in [0, 0.05) is 23.8 Å². The Kier molecular flexibility index (Phi) is 7.32. The van der Waals surface area contributed by atoms with Crippen molar-refractivity contribution in [2.75, 3.05) is 18.4 Å². The Balaban J connectivity index is 0.00000261. The molecular formula is C18H21ClFN3O3S. The van der Waals surface area contributed by atoms with E-state index in [0.29, 0.717) is 17.8 Å². The Bertz CT molecular complexity index is 868. The highest BCUT2D eigenvalue weighted by atomic mass is 35.5. The Morgan fingerprint density at radius 2 is 1.74 bits per heavy atom. The van der Waals surface area contributed by atoms with Gasteiger partial charge >= 0.3 is 0 Å². The Labute approximate surface area is 164 Å². The van der Waals surface area contributed by atoms with Crippen molar-refractivity contribution in [2.45, 2.75) is 23.8 Å². The lowest BCUT2D eigenvalue weighted by atomic mass is 10.1. The zero-order chi connectivity index (χ0) is 18.6. The molecule has 27 heavy (non-hydrogen) atoms. The lowest BCUT2D eigenvalue weighted by molar-refractivity contribution is 0.102. The van der Waals surface area contributed by atoms with E-state index in [0.717, 1.165) is 19.4 Å². The van der Waals surface area contributed by atoms with Crippen molar-refractivity contribution >= 4 is 34.0 Å². The molecule has 1 saturated heterocycles. The molecule has 0 bridgehead atoms. The number of hydrogen-bond acceptors (Lipinski definition) is 4. The van der Waals surface area contributed by atoms with E-state index >= 15 is 0 Å². The van der Waals surface area contributed by atoms with Gasteiger partial charge in [-0.15, -0.1) is 12.4 Å². The molecule has 6 nitrogen and oxygen atoms in total. The van der Waals surface area contributed by atoms with E-state index in [1.54, 1.807) is 0 Å². The number of hydrogen-bond donors (Lipinski definition) is 3. The van der Waals surface area contributed by atoms with Gasteiger partial charge in [0.05, 0.1) is 4.90 Å². The Hall–Kier alpha value is -2.00. The van der Waals surface area contributed by atoms with Crippen LogP contribution in [0.2, 0.25) is 0 Å². The number of halogens is 2. The molecule has 0 saturated carbocycles. The molecule has 0 aromatic heterocycles. The normalized spacial score (nSPS) is 17.0. The Morgan fingerprint density at radius 1 is 1.07 bits per heavy atom. The van der Waals surface area contributed by atoms with Crippen LogP contribution < -0.4 is 15.4 Å². The van der Waals surface area contributed by atoms with Gasteiger partial charge in [-0.2, -0.15) is 0 Å². The van der Waals surface area contributed by atoms with E-state index in [-0.39, 0.29) is 23.3 Å². The van der Waals surface area contributed by atoms with Crippen molar-refractivity contribution in [3.8, 4) is 0 Å². The third-order valence-electron chi connectivity index (χ3n) is 4.15. The maximum absolute atomic E-state index is 12.9. The first-order chi connectivity index (χ1) is 12.4. The number of piperidine rings is 1. The van der Waals surface area contributed by atoms with Crippen molar-refractivity contribution < 1.29 is 17.6 Å². The molecule has 3 N–H and O–H groups in total. The summed E-state index contributed by atoms with van der Waals surface area (Å²) in [6, 6.07) is 11.0. The number of rotatable bonds is 5. The Morgan fingerprint density at radius 3 is 2.33 bits per heavy atom. The minimum atomic E-state index is -3.61. The lowest BCUT2D eigenvalue weighted by Gasteiger charge is -2.23. The van der Waals surface area contributed by atoms with Crippen LogP contribution in [0.15, 0.2) is 53.4 Å². The molecule has 0 aliphatic carbocycles. The first-order valence-electron chi connectivity index (χ1n) is 8.34. The van der Waals surface area contributed by atoms with Crippen LogP contribution in [0.3, 0.4) is 0 Å². The summed E-state index contributed by atoms with van der Waals surface area (Å²) in [6.45, 7) is 1.52. The number of amides is 1. The summed E-state index contributed by atoms with van der Waals surface area (Å²) < 4.78 is 40.4. The number of anilines is 1. The van der Waals surface area contributed by atoms with Crippen LogP contribution in [-0.4, -0.2) is 33.5 Å². The number of sulfonamides is 1. The second kappa shape index (κ2) is 9.27. The summed E-state index contributed by atoms with van der Waals surface area (Å²) in [6.07, 6.45) is 1.74. The molecule has 0 spiro atoms. The van der Waals surface area contributed by atoms with E-state index in [1.165, 1.54) is 48.5 Å². The van der Waals surface area contributed by atoms with Crippen molar-refractivity contribution in [2.24, 2.45) is 0 Å². The molecular weight excluding hydrogens is 393 g/mol. The van der Waals surface area contributed by atoms with Crippen LogP contribution in [0, 0.1) is 5.82 Å². The van der Waals surface area contributed by atoms with Crippen LogP contribution >= 0.6 is 12.4 Å². The number of carbonyl (C=O) groups excluding carboxylic acids is 1. The topological polar surface area (TPSA) is 87.3 Å². The highest BCUT2D eigenvalue weighted by Gasteiger charge is 2.21. The monoisotopic (exact) mass is 413 g/mol. The van der Waals surface area contributed by atoms with Gasteiger partial charge in [-0.05, 0) is 67.9 Å². The predicted octanol–water partition coefficient (Wildman–Crippen LogP) is 2.53. The maximum Gasteiger partial charge on any atom is 0.255 e. The van der Waals surface area contributed by atoms with E-state index < -0.39 is 21.7 Å². The van der Waals surface area contributed by atoms with Crippen molar-refractivity contribution in [1.82, 2.24) is 10.0 Å². The number of nitrogens with one attached hydrogen (secondary N) is 3. The van der Waals surface area contributed by atoms with E-state index in [1.807, 2.05) is 0 Å². The summed E-state index contributed by atoms with van der Waals surface area (Å²) in [5, 5.41) is 5.81. The van der Waals surface area contributed by atoms with Crippen LogP contribution in [0.25, 0.3) is 0 Å². The zero-order valence-electron chi connectivity index (χ0n) is 14.4. The SMILES string of the molecule is Cl.O=C(Nc1ccc(S(=O)(=O)NC2CCCNC2)cc1)c1ccc(F)cc1. The van der Waals surface area contributed by atoms with E-state index in [9.17, 15) is 17.6 Å². The van der Waals surface area contributed by atoms with E-state index in [2.05, 4.69) is 15.4 Å². The minimum Gasteiger partial charge on any atom is -0.322 e. The third-order valence-corrected chi connectivity index (χ3v) is 5.68. The van der Waals surface area contributed by atoms with Crippen LogP contribution in [-0.2, 0) is 10.0 Å². The van der Waals surface area contributed by atoms with Gasteiger partial charge in [0.1, 0.15) is 5.82 Å². The molecule has 2 aromatic rings. The molecule has 1 heterocycles. The number of benzene rings is 2. The first kappa shape index (κ1) is 21.3. The molecule has 1 unspecified atom stereocenters. The average molecular weight is 414 g/mol. The van der Waals surface area contributed by atoms with Crippen LogP contribution in [0.1, 0.15) is 23.2 Å². The standard InChI is InChI=1S/C18H20FN3O3S.ClH/c19-14-5-3-13(4-6-14)18(23)21-15-7-9-17(10-8-15)26(24,25)22-16-2-1-11-20-12-16;/h3-10,16,20,22H,1-2,11-12H2,(H,21,23);1H. The molecule has 1 aliphatic heterocycles. The zero-order valence-corrected chi connectivity index (χ0v) is 16.1. The van der Waals surface area contributed by atoms with Crippen molar-refractivity contribution in [3.63, 3.8) is 0 Å². The van der Waals surface area contributed by atoms with Crippen molar-refractivity contribution in [1.29, 1.82) is 0 Å². The molecule has 1 amide bonds. The second-order valence-corrected chi connectivity index (χ2v) is 7.86. The summed E-state index contributed by atoms with van der Waals surface area (Å²) in [7, 11) is -3.61. The van der Waals surface area contributed by atoms with Gasteiger partial charge in [0.2, 0.25) is 10.0 Å². The van der Waals surface area contributed by atoms with Gasteiger partial charge in [0.25, 0.3) is 5.91 Å². The molecule has 3 rings (SSSR count). The molecule has 9 heteroatoms. The minimum absolute atomic E-state index is 0. The highest BCUT2D eigenvalue weighted by molar-refractivity contribution is 7.89. The van der Waals surface area contributed by atoms with Gasteiger partial charge in [-0.3, -0.25) is 4.79 Å². The fourth-order valence-electron chi connectivity index (χ4n) is 2.76. The molecule has 2 aromatic carbocycles. The summed E-state index contributed by atoms with van der Waals surface area (Å²) in [5.41, 5.74) is 0.771. The molecule has 146 valence electrons. The van der Waals surface area contributed by atoms with Crippen LogP contribution in [0.5, 0.6) is 0 Å². The molecule has 1 atom stereocenters. The third kappa shape index (κ3) is 5.74. The molecule has 1 fully saturated rings. The van der Waals surface area contributed by atoms with Gasteiger partial charge in [0.15, 0.2) is 0 Å². The smallest absolute Gasteiger partial charge is 0.255 e. The molecule has 0 radical (unpaired) electrons. The first-order valence-corrected chi connectivity index (χ1v) is 9.82. The van der Waals surface area contributed by atoms with Gasteiger partial charge in [-0.1, -0.05) is 0 Å². The fraction of sp³-hybridized carbons (Fsp3) is 0.278.